The first-order chi connectivity index (χ1) is 29.6. The summed E-state index contributed by atoms with van der Waals surface area (Å²) >= 11 is 0. The van der Waals surface area contributed by atoms with Gasteiger partial charge in [0.2, 0.25) is 17.7 Å². The molecule has 2 aromatic heterocycles. The molecule has 3 fully saturated rings. The number of nitrogens with zero attached hydrogens (tertiary/aromatic N) is 4. The minimum absolute atomic E-state index is 0.0259. The number of hydrogen-bond acceptors (Lipinski definition) is 8. The fourth-order valence-electron chi connectivity index (χ4n) is 8.67. The third-order valence-electron chi connectivity index (χ3n) is 12.2. The number of carbonyl (C=O) groups excluding carboxylic acids is 4. The van der Waals surface area contributed by atoms with Gasteiger partial charge in [-0.15, -0.1) is 0 Å². The number of nitrogens with one attached hydrogen (secondary N) is 4. The van der Waals surface area contributed by atoms with Gasteiger partial charge in [-0.3, -0.25) is 14.4 Å². The van der Waals surface area contributed by atoms with Crippen LogP contribution in [0.1, 0.15) is 81.3 Å². The van der Waals surface area contributed by atoms with Crippen molar-refractivity contribution in [2.75, 3.05) is 33.9 Å². The zero-order chi connectivity index (χ0) is 42.6. The quantitative estimate of drug-likeness (QED) is 0.0928. The SMILES string of the molecule is COCC1CC(c2ncc(-c3ccc(-c4ccc(-c5cnc(C6CCCN6C(=O)C(NC(=O)OC)C(C)C)[nH]5)cc4)cc3)[nH]2)N(C(=O)C(NC(=O)C2CC2)c2ccccc2)C1. The highest BCUT2D eigenvalue weighted by molar-refractivity contribution is 5.91. The lowest BCUT2D eigenvalue weighted by atomic mass is 10.0. The summed E-state index contributed by atoms with van der Waals surface area (Å²) in [4.78, 5) is 73.0. The van der Waals surface area contributed by atoms with Gasteiger partial charge < -0.3 is 39.9 Å². The van der Waals surface area contributed by atoms with E-state index in [2.05, 4.69) is 74.1 Å². The van der Waals surface area contributed by atoms with E-state index in [1.807, 2.05) is 60.2 Å². The average molecular weight is 827 g/mol. The van der Waals surface area contributed by atoms with E-state index in [0.717, 1.165) is 70.7 Å². The number of benzene rings is 3. The standard InChI is InChI=1S/C47H54N8O6/c1-28(2)40(53-47(59)61-4)45(57)54-22-8-11-38(54)42-48-24-36(50-42)32-16-12-30(13-17-32)31-14-18-33(19-15-31)37-25-49-43(51-37)39-23-29(27-60-3)26-55(39)46(58)41(34-9-6-5-7-10-34)52-44(56)35-20-21-35/h5-7,9-10,12-19,24-25,28-29,35,38-41H,8,11,20-23,26-27H2,1-4H3,(H,48,50)(H,49,51)(H,52,56)(H,53,59). The van der Waals surface area contributed by atoms with Crippen molar-refractivity contribution in [3.63, 3.8) is 0 Å². The molecule has 14 nitrogen and oxygen atoms in total. The molecular formula is C47H54N8O6. The molecule has 3 aliphatic rings. The Labute approximate surface area is 355 Å². The molecule has 4 heterocycles. The Morgan fingerprint density at radius 2 is 1.33 bits per heavy atom. The van der Waals surface area contributed by atoms with Gasteiger partial charge in [0, 0.05) is 32.0 Å². The second-order valence-electron chi connectivity index (χ2n) is 16.8. The van der Waals surface area contributed by atoms with Gasteiger partial charge in [0.05, 0.1) is 49.6 Å². The van der Waals surface area contributed by atoms with Crippen LogP contribution in [0.4, 0.5) is 4.79 Å². The minimum Gasteiger partial charge on any atom is -0.453 e. The second-order valence-corrected chi connectivity index (χ2v) is 16.8. The fourth-order valence-corrected chi connectivity index (χ4v) is 8.67. The Hall–Kier alpha value is -6.28. The van der Waals surface area contributed by atoms with Crippen molar-refractivity contribution in [3.05, 3.63) is 108 Å². The predicted molar refractivity (Wildman–Crippen MR) is 229 cm³/mol. The Bertz CT molecular complexity index is 2320. The molecule has 5 aromatic rings. The van der Waals surface area contributed by atoms with Crippen LogP contribution in [0.25, 0.3) is 33.6 Å². The van der Waals surface area contributed by atoms with Gasteiger partial charge in [-0.2, -0.15) is 0 Å². The van der Waals surface area contributed by atoms with Gasteiger partial charge >= 0.3 is 6.09 Å². The highest BCUT2D eigenvalue weighted by Crippen LogP contribution is 2.39. The molecule has 1 aliphatic carbocycles. The van der Waals surface area contributed by atoms with E-state index in [4.69, 9.17) is 14.5 Å². The van der Waals surface area contributed by atoms with Crippen LogP contribution in [-0.2, 0) is 23.9 Å². The molecule has 8 rings (SSSR count). The van der Waals surface area contributed by atoms with Crippen LogP contribution in [0.3, 0.4) is 0 Å². The molecule has 2 aliphatic heterocycles. The molecule has 0 spiro atoms. The molecule has 5 unspecified atom stereocenters. The van der Waals surface area contributed by atoms with Gasteiger partial charge in [-0.1, -0.05) is 92.7 Å². The van der Waals surface area contributed by atoms with Gasteiger partial charge in [-0.25, -0.2) is 14.8 Å². The number of imidazole rings is 2. The number of likely N-dealkylation sites (tertiary alicyclic amines) is 2. The van der Waals surface area contributed by atoms with Crippen molar-refractivity contribution in [1.82, 2.24) is 40.4 Å². The molecule has 0 radical (unpaired) electrons. The summed E-state index contributed by atoms with van der Waals surface area (Å²) in [5.41, 5.74) is 6.50. The highest BCUT2D eigenvalue weighted by Gasteiger charge is 2.42. The molecule has 0 bridgehead atoms. The summed E-state index contributed by atoms with van der Waals surface area (Å²) in [7, 11) is 2.97. The van der Waals surface area contributed by atoms with Gasteiger partial charge in [-0.05, 0) is 65.8 Å². The maximum atomic E-state index is 14.4. The summed E-state index contributed by atoms with van der Waals surface area (Å²) in [6, 6.07) is 24.0. The molecular weight excluding hydrogens is 773 g/mol. The normalized spacial score (nSPS) is 19.8. The number of aromatic nitrogens is 4. The molecule has 61 heavy (non-hydrogen) atoms. The van der Waals surface area contributed by atoms with Crippen LogP contribution in [0.2, 0.25) is 0 Å². The van der Waals surface area contributed by atoms with Crippen LogP contribution in [0, 0.1) is 17.8 Å². The first kappa shape index (κ1) is 41.5. The number of alkyl carbamates (subject to hydrolysis) is 1. The monoisotopic (exact) mass is 826 g/mol. The highest BCUT2D eigenvalue weighted by atomic mass is 16.5. The minimum atomic E-state index is -0.784. The maximum Gasteiger partial charge on any atom is 0.407 e. The number of rotatable bonds is 14. The molecule has 5 atom stereocenters. The fraction of sp³-hybridized carbons (Fsp3) is 0.404. The van der Waals surface area contributed by atoms with E-state index in [0.29, 0.717) is 31.9 Å². The van der Waals surface area contributed by atoms with Crippen LogP contribution in [-0.4, -0.2) is 93.5 Å². The zero-order valence-electron chi connectivity index (χ0n) is 35.1. The van der Waals surface area contributed by atoms with Crippen molar-refractivity contribution in [2.45, 2.75) is 70.1 Å². The van der Waals surface area contributed by atoms with Crippen molar-refractivity contribution in [3.8, 4) is 33.6 Å². The molecule has 1 saturated carbocycles. The van der Waals surface area contributed by atoms with Gasteiger partial charge in [0.25, 0.3) is 0 Å². The van der Waals surface area contributed by atoms with E-state index < -0.39 is 18.2 Å². The summed E-state index contributed by atoms with van der Waals surface area (Å²) < 4.78 is 10.3. The van der Waals surface area contributed by atoms with Crippen LogP contribution >= 0.6 is 0 Å². The third kappa shape index (κ3) is 9.09. The van der Waals surface area contributed by atoms with Crippen LogP contribution in [0.5, 0.6) is 0 Å². The van der Waals surface area contributed by atoms with Gasteiger partial charge in [0.15, 0.2) is 0 Å². The molecule has 4 N–H and O–H groups in total. The number of hydrogen-bond donors (Lipinski definition) is 4. The number of H-pyrrole nitrogens is 2. The Balaban J connectivity index is 0.944. The van der Waals surface area contributed by atoms with E-state index >= 15 is 0 Å². The molecule has 3 aromatic carbocycles. The number of carbonyl (C=O) groups is 4. The third-order valence-corrected chi connectivity index (χ3v) is 12.2. The first-order valence-electron chi connectivity index (χ1n) is 21.2. The average Bonchev–Trinajstić information content (AvgIpc) is 3.67. The lowest BCUT2D eigenvalue weighted by Crippen LogP contribution is -2.51. The van der Waals surface area contributed by atoms with E-state index in [1.54, 1.807) is 13.3 Å². The summed E-state index contributed by atoms with van der Waals surface area (Å²) in [5, 5.41) is 5.76. The summed E-state index contributed by atoms with van der Waals surface area (Å²) in [6.45, 7) is 5.41. The number of amides is 4. The van der Waals surface area contributed by atoms with Crippen molar-refractivity contribution in [2.24, 2.45) is 17.8 Å². The number of ether oxygens (including phenoxy) is 2. The van der Waals surface area contributed by atoms with E-state index in [-0.39, 0.29) is 47.6 Å². The van der Waals surface area contributed by atoms with Gasteiger partial charge in [0.1, 0.15) is 23.7 Å². The van der Waals surface area contributed by atoms with Crippen molar-refractivity contribution < 1.29 is 28.7 Å². The second kappa shape index (κ2) is 18.1. The van der Waals surface area contributed by atoms with Crippen LogP contribution < -0.4 is 10.6 Å². The Morgan fingerprint density at radius 1 is 0.738 bits per heavy atom. The largest absolute Gasteiger partial charge is 0.453 e. The lowest BCUT2D eigenvalue weighted by Gasteiger charge is -2.30. The molecule has 318 valence electrons. The zero-order valence-corrected chi connectivity index (χ0v) is 35.1. The van der Waals surface area contributed by atoms with Crippen molar-refractivity contribution in [1.29, 1.82) is 0 Å². The topological polar surface area (TPSA) is 175 Å². The van der Waals surface area contributed by atoms with Crippen LogP contribution in [0.15, 0.2) is 91.3 Å². The maximum absolute atomic E-state index is 14.4. The summed E-state index contributed by atoms with van der Waals surface area (Å²) in [6.07, 6.45) is 7.01. The van der Waals surface area contributed by atoms with Crippen molar-refractivity contribution >= 4 is 23.8 Å². The van der Waals surface area contributed by atoms with E-state index in [9.17, 15) is 19.2 Å². The lowest BCUT2D eigenvalue weighted by molar-refractivity contribution is -0.138. The first-order valence-corrected chi connectivity index (χ1v) is 21.2. The number of aromatic amines is 2. The predicted octanol–water partition coefficient (Wildman–Crippen LogP) is 6.98. The van der Waals surface area contributed by atoms with E-state index in [1.165, 1.54) is 7.11 Å². The molecule has 2 saturated heterocycles. The number of methoxy groups -OCH3 is 2. The Kier molecular flexibility index (Phi) is 12.3. The molecule has 14 heteroatoms. The summed E-state index contributed by atoms with van der Waals surface area (Å²) in [5.74, 6) is 1.04. The smallest absolute Gasteiger partial charge is 0.407 e. The molecule has 4 amide bonds. The Morgan fingerprint density at radius 3 is 1.89 bits per heavy atom.